The second kappa shape index (κ2) is 9.38. The van der Waals surface area contributed by atoms with Crippen molar-refractivity contribution in [2.75, 3.05) is 13.1 Å². The fourth-order valence-corrected chi connectivity index (χ4v) is 3.08. The zero-order valence-corrected chi connectivity index (χ0v) is 16.7. The van der Waals surface area contributed by atoms with Gasteiger partial charge in [0, 0.05) is 24.5 Å². The summed E-state index contributed by atoms with van der Waals surface area (Å²) in [7, 11) is 0. The standard InChI is InChI=1S/C20H21ClN4O4/c1-2-9-25(18(26)7-8-22-20(28)16-4-3-10-29-16)12-17-23-15-11-13(21)5-6-14(15)19(27)24-17/h3-6,10-11H,2,7-9,12H2,1H3,(H,22,28)(H,23,24,27). The van der Waals surface area contributed by atoms with Crippen molar-refractivity contribution in [2.24, 2.45) is 0 Å². The predicted molar refractivity (Wildman–Crippen MR) is 109 cm³/mol. The molecule has 0 aliphatic heterocycles. The summed E-state index contributed by atoms with van der Waals surface area (Å²) in [5.41, 5.74) is 0.196. The summed E-state index contributed by atoms with van der Waals surface area (Å²) in [5.74, 6) is 0.0494. The van der Waals surface area contributed by atoms with Crippen LogP contribution < -0.4 is 10.9 Å². The number of carbonyl (C=O) groups is 2. The molecule has 2 heterocycles. The Balaban J connectivity index is 1.66. The van der Waals surface area contributed by atoms with E-state index in [0.717, 1.165) is 6.42 Å². The van der Waals surface area contributed by atoms with Crippen LogP contribution >= 0.6 is 11.6 Å². The Bertz CT molecular complexity index is 1060. The van der Waals surface area contributed by atoms with Gasteiger partial charge in [-0.05, 0) is 36.8 Å². The Kier molecular flexibility index (Phi) is 6.66. The quantitative estimate of drug-likeness (QED) is 0.587. The molecule has 2 N–H and O–H groups in total. The zero-order chi connectivity index (χ0) is 20.8. The van der Waals surface area contributed by atoms with Crippen LogP contribution in [0.4, 0.5) is 0 Å². The SMILES string of the molecule is CCCN(Cc1nc2cc(Cl)ccc2c(=O)[nH]1)C(=O)CCNC(=O)c1ccco1. The van der Waals surface area contributed by atoms with Gasteiger partial charge in [-0.1, -0.05) is 18.5 Å². The summed E-state index contributed by atoms with van der Waals surface area (Å²) in [6, 6.07) is 8.03. The molecule has 0 unspecified atom stereocenters. The van der Waals surface area contributed by atoms with Crippen molar-refractivity contribution in [3.05, 3.63) is 63.6 Å². The Hall–Kier alpha value is -3.13. The first-order valence-electron chi connectivity index (χ1n) is 9.26. The Morgan fingerprint density at radius 3 is 2.86 bits per heavy atom. The number of aromatic nitrogens is 2. The van der Waals surface area contributed by atoms with E-state index in [2.05, 4.69) is 15.3 Å². The minimum absolute atomic E-state index is 0.121. The first-order chi connectivity index (χ1) is 14.0. The Morgan fingerprint density at radius 1 is 1.31 bits per heavy atom. The molecule has 0 saturated carbocycles. The van der Waals surface area contributed by atoms with Crippen LogP contribution in [0.3, 0.4) is 0 Å². The number of aromatic amines is 1. The average Bonchev–Trinajstić information content (AvgIpc) is 3.22. The summed E-state index contributed by atoms with van der Waals surface area (Å²) >= 11 is 5.99. The van der Waals surface area contributed by atoms with Crippen LogP contribution in [0.5, 0.6) is 0 Å². The van der Waals surface area contributed by atoms with Gasteiger partial charge in [0.25, 0.3) is 11.5 Å². The second-order valence-electron chi connectivity index (χ2n) is 6.47. The van der Waals surface area contributed by atoms with Gasteiger partial charge < -0.3 is 19.6 Å². The van der Waals surface area contributed by atoms with E-state index in [4.69, 9.17) is 16.0 Å². The smallest absolute Gasteiger partial charge is 0.286 e. The molecule has 0 spiro atoms. The topological polar surface area (TPSA) is 108 Å². The molecule has 0 atom stereocenters. The molecular formula is C20H21ClN4O4. The van der Waals surface area contributed by atoms with Gasteiger partial charge in [0.1, 0.15) is 5.82 Å². The fraction of sp³-hybridized carbons (Fsp3) is 0.300. The highest BCUT2D eigenvalue weighted by atomic mass is 35.5. The Labute approximate surface area is 171 Å². The van der Waals surface area contributed by atoms with Gasteiger partial charge in [0.2, 0.25) is 5.91 Å². The molecule has 1 aromatic carbocycles. The number of amides is 2. The van der Waals surface area contributed by atoms with Crippen molar-refractivity contribution in [3.63, 3.8) is 0 Å². The second-order valence-corrected chi connectivity index (χ2v) is 6.91. The van der Waals surface area contributed by atoms with E-state index in [9.17, 15) is 14.4 Å². The zero-order valence-electron chi connectivity index (χ0n) is 15.9. The van der Waals surface area contributed by atoms with Crippen LogP contribution in [-0.4, -0.2) is 39.8 Å². The number of H-pyrrole nitrogens is 1. The van der Waals surface area contributed by atoms with Crippen LogP contribution in [0.2, 0.25) is 5.02 Å². The molecule has 0 bridgehead atoms. The number of fused-ring (bicyclic) bond motifs is 1. The lowest BCUT2D eigenvalue weighted by Gasteiger charge is -2.21. The minimum Gasteiger partial charge on any atom is -0.459 e. The molecular weight excluding hydrogens is 396 g/mol. The highest BCUT2D eigenvalue weighted by Gasteiger charge is 2.16. The monoisotopic (exact) mass is 416 g/mol. The number of halogens is 1. The van der Waals surface area contributed by atoms with Crippen molar-refractivity contribution < 1.29 is 14.0 Å². The lowest BCUT2D eigenvalue weighted by atomic mass is 10.2. The number of furan rings is 1. The van der Waals surface area contributed by atoms with Crippen molar-refractivity contribution in [2.45, 2.75) is 26.3 Å². The van der Waals surface area contributed by atoms with Crippen LogP contribution in [0.1, 0.15) is 36.1 Å². The van der Waals surface area contributed by atoms with Crippen molar-refractivity contribution in [1.29, 1.82) is 0 Å². The molecule has 2 amide bonds. The molecule has 3 aromatic rings. The molecule has 0 saturated heterocycles. The van der Waals surface area contributed by atoms with Gasteiger partial charge in [-0.3, -0.25) is 14.4 Å². The third-order valence-corrected chi connectivity index (χ3v) is 4.51. The van der Waals surface area contributed by atoms with Gasteiger partial charge in [0.15, 0.2) is 5.76 Å². The molecule has 8 nitrogen and oxygen atoms in total. The summed E-state index contributed by atoms with van der Waals surface area (Å²) < 4.78 is 5.01. The normalized spacial score (nSPS) is 10.8. The lowest BCUT2D eigenvalue weighted by Crippen LogP contribution is -2.35. The summed E-state index contributed by atoms with van der Waals surface area (Å²) in [6.07, 6.45) is 2.28. The van der Waals surface area contributed by atoms with E-state index in [1.54, 1.807) is 35.2 Å². The number of nitrogens with one attached hydrogen (secondary N) is 2. The maximum Gasteiger partial charge on any atom is 0.286 e. The van der Waals surface area contributed by atoms with Crippen LogP contribution in [0.25, 0.3) is 10.9 Å². The lowest BCUT2D eigenvalue weighted by molar-refractivity contribution is -0.131. The number of nitrogens with zero attached hydrogens (tertiary/aromatic N) is 2. The summed E-state index contributed by atoms with van der Waals surface area (Å²) in [6.45, 7) is 2.80. The summed E-state index contributed by atoms with van der Waals surface area (Å²) in [5, 5.41) is 3.57. The number of rotatable bonds is 8. The van der Waals surface area contributed by atoms with Crippen molar-refractivity contribution in [3.8, 4) is 0 Å². The first kappa shape index (κ1) is 20.6. The highest BCUT2D eigenvalue weighted by molar-refractivity contribution is 6.31. The molecule has 29 heavy (non-hydrogen) atoms. The van der Waals surface area contributed by atoms with E-state index >= 15 is 0 Å². The van der Waals surface area contributed by atoms with E-state index in [1.807, 2.05) is 6.92 Å². The molecule has 0 aliphatic rings. The van der Waals surface area contributed by atoms with E-state index in [1.165, 1.54) is 6.26 Å². The summed E-state index contributed by atoms with van der Waals surface area (Å²) in [4.78, 5) is 45.5. The molecule has 2 aromatic heterocycles. The maximum absolute atomic E-state index is 12.6. The number of hydrogen-bond acceptors (Lipinski definition) is 5. The molecule has 3 rings (SSSR count). The molecule has 0 fully saturated rings. The number of benzene rings is 1. The third-order valence-electron chi connectivity index (χ3n) is 4.27. The number of hydrogen-bond donors (Lipinski definition) is 2. The number of carbonyl (C=O) groups excluding carboxylic acids is 2. The molecule has 0 aliphatic carbocycles. The highest BCUT2D eigenvalue weighted by Crippen LogP contribution is 2.15. The Morgan fingerprint density at radius 2 is 2.14 bits per heavy atom. The van der Waals surface area contributed by atoms with E-state index < -0.39 is 0 Å². The largest absolute Gasteiger partial charge is 0.459 e. The van der Waals surface area contributed by atoms with Gasteiger partial charge in [-0.15, -0.1) is 0 Å². The van der Waals surface area contributed by atoms with Gasteiger partial charge in [-0.25, -0.2) is 4.98 Å². The van der Waals surface area contributed by atoms with Crippen LogP contribution in [0.15, 0.2) is 45.8 Å². The van der Waals surface area contributed by atoms with Gasteiger partial charge in [-0.2, -0.15) is 0 Å². The van der Waals surface area contributed by atoms with Crippen molar-refractivity contribution >= 4 is 34.3 Å². The minimum atomic E-state index is -0.373. The van der Waals surface area contributed by atoms with E-state index in [0.29, 0.717) is 28.3 Å². The predicted octanol–water partition coefficient (Wildman–Crippen LogP) is 2.73. The van der Waals surface area contributed by atoms with Gasteiger partial charge in [0.05, 0.1) is 23.7 Å². The fourth-order valence-electron chi connectivity index (χ4n) is 2.91. The first-order valence-corrected chi connectivity index (χ1v) is 9.63. The van der Waals surface area contributed by atoms with Crippen LogP contribution in [0, 0.1) is 0 Å². The van der Waals surface area contributed by atoms with Crippen molar-refractivity contribution in [1.82, 2.24) is 20.2 Å². The maximum atomic E-state index is 12.6. The molecule has 9 heteroatoms. The average molecular weight is 417 g/mol. The van der Waals surface area contributed by atoms with E-state index in [-0.39, 0.29) is 42.6 Å². The van der Waals surface area contributed by atoms with Crippen LogP contribution in [-0.2, 0) is 11.3 Å². The molecule has 0 radical (unpaired) electrons. The third kappa shape index (κ3) is 5.23. The molecule has 152 valence electrons. The van der Waals surface area contributed by atoms with Gasteiger partial charge >= 0.3 is 0 Å².